The molecule has 8 aliphatic heterocycles. The lowest BCUT2D eigenvalue weighted by atomic mass is 9.98. The molecule has 1 aliphatic carbocycles. The van der Waals surface area contributed by atoms with Gasteiger partial charge in [0.25, 0.3) is 23.6 Å². The van der Waals surface area contributed by atoms with Gasteiger partial charge in [-0.05, 0) is 216 Å². The molecule has 9 aliphatic rings. The van der Waals surface area contributed by atoms with E-state index < -0.39 is 40.1 Å². The largest absolute Gasteiger partial charge is 0.378 e. The van der Waals surface area contributed by atoms with Crippen LogP contribution in [0.3, 0.4) is 0 Å². The molecule has 0 spiro atoms. The molecule has 17 heterocycles. The number of nitrogens with zero attached hydrogens (tertiary/aromatic N) is 20. The van der Waals surface area contributed by atoms with Gasteiger partial charge in [0.2, 0.25) is 40.1 Å². The van der Waals surface area contributed by atoms with Gasteiger partial charge >= 0.3 is 0 Å². The van der Waals surface area contributed by atoms with Gasteiger partial charge < -0.3 is 48.7 Å². The van der Waals surface area contributed by atoms with Gasteiger partial charge in [-0.3, -0.25) is 38.1 Å². The normalized spacial score (nSPS) is 20.6. The number of aryl methyl sites for hydroxylation is 3. The first kappa shape index (κ1) is 107. The number of fused-ring (bicyclic) bond motifs is 4. The summed E-state index contributed by atoms with van der Waals surface area (Å²) in [5.41, 5.74) is 11.4. The summed E-state index contributed by atoms with van der Waals surface area (Å²) >= 11 is 20.0. The van der Waals surface area contributed by atoms with Gasteiger partial charge in [0.1, 0.15) is 33.8 Å². The van der Waals surface area contributed by atoms with Crippen LogP contribution in [0.25, 0.3) is 22.6 Å². The summed E-state index contributed by atoms with van der Waals surface area (Å²) < 4.78 is 124. The Kier molecular flexibility index (Phi) is 31.8. The molecule has 3 aromatic carbocycles. The minimum atomic E-state index is -3.60. The Morgan fingerprint density at radius 3 is 1.34 bits per heavy atom. The lowest BCUT2D eigenvalue weighted by molar-refractivity contribution is -0.00560. The molecule has 149 heavy (non-hydrogen) atoms. The molecular formula is C103H123Cl3N24O14S5. The maximum atomic E-state index is 14.0. The van der Waals surface area contributed by atoms with E-state index in [2.05, 4.69) is 89.2 Å². The molecule has 9 aromatic heterocycles. The zero-order chi connectivity index (χ0) is 106. The number of hydrogen-bond donors (Lipinski definition) is 4. The minimum Gasteiger partial charge on any atom is -0.378 e. The monoisotopic (exact) mass is 2180 g/mol. The first-order chi connectivity index (χ1) is 71.0. The molecule has 0 bridgehead atoms. The number of halogens is 3. The Labute approximate surface area is 886 Å². The third-order valence-corrected chi connectivity index (χ3v) is 31.9. The fraction of sp³-hybridized carbons (Fsp3) is 0.476. The van der Waals surface area contributed by atoms with Crippen molar-refractivity contribution in [3.05, 3.63) is 196 Å². The van der Waals surface area contributed by atoms with Crippen LogP contribution in [0.15, 0.2) is 109 Å². The number of carbonyl (C=O) groups excluding carboxylic acids is 4. The van der Waals surface area contributed by atoms with Gasteiger partial charge in [-0.2, -0.15) is 29.4 Å². The summed E-state index contributed by atoms with van der Waals surface area (Å²) in [7, 11) is -14.3. The quantitative estimate of drug-likeness (QED) is 0.0485. The van der Waals surface area contributed by atoms with E-state index in [-0.39, 0.29) is 99.7 Å². The van der Waals surface area contributed by atoms with Crippen LogP contribution in [0, 0.1) is 56.8 Å². The number of aromatic nitrogens is 12. The van der Waals surface area contributed by atoms with Crippen molar-refractivity contribution >= 4 is 178 Å². The second kappa shape index (κ2) is 44.4. The SMILES string of the molecule is C#C[C@@H]1CCN(c2nc3cc([C@@H]4CCCCN4C(=O)c4cc(Cl)ccc4NS(C)(=O)=O)nn3cc2C)C1.CC#Cc1cc(N2CCOCC2)n2nc([C@@H]3CCCCN3C(=O)c3cc(Cl)ccc3NS(C)(=O)=O)cc2n1.CC1CN(c2cc(N3C[C@@H](C)O[C@@H](C)C3)n3nc([C@@H]4CCCCN4C(=O)c4cc(Cl)ccc4NS(C)(=O)=O)cc3n2)C1.Cc1cc(NS(C)(=O)=O)c(C(=O)N2CCCC[C@H]2c2cc3nc(C4CC4)cc(C)n3n2)s1. The summed E-state index contributed by atoms with van der Waals surface area (Å²) in [5.74, 6) is 12.9. The van der Waals surface area contributed by atoms with Crippen LogP contribution in [0.4, 0.5) is 46.0 Å². The van der Waals surface area contributed by atoms with Crippen LogP contribution in [0.1, 0.15) is 245 Å². The number of carbonyl (C=O) groups is 4. The second-order valence-electron chi connectivity index (χ2n) is 40.2. The second-order valence-corrected chi connectivity index (χ2v) is 49.7. The molecule has 790 valence electrons. The summed E-state index contributed by atoms with van der Waals surface area (Å²) in [6.07, 6.45) is 25.7. The first-order valence-corrected chi connectivity index (χ1v) is 59.8. The smallest absolute Gasteiger partial charge is 0.266 e. The summed E-state index contributed by atoms with van der Waals surface area (Å²) in [5, 5.41) is 20.7. The van der Waals surface area contributed by atoms with E-state index in [1.54, 1.807) is 50.4 Å². The number of terminal acetylenes is 1. The zero-order valence-corrected chi connectivity index (χ0v) is 91.4. The summed E-state index contributed by atoms with van der Waals surface area (Å²) in [6, 6.07) is 28.5. The predicted octanol–water partition coefficient (Wildman–Crippen LogP) is 15.4. The van der Waals surface area contributed by atoms with Crippen molar-refractivity contribution in [1.29, 1.82) is 0 Å². The van der Waals surface area contributed by atoms with Gasteiger partial charge in [0.05, 0.1) is 137 Å². The fourth-order valence-electron chi connectivity index (χ4n) is 21.0. The number of rotatable bonds is 21. The molecule has 0 radical (unpaired) electrons. The zero-order valence-electron chi connectivity index (χ0n) is 85.0. The minimum absolute atomic E-state index is 0.0818. The molecule has 12 aromatic rings. The molecular weight excluding hydrogens is 2060 g/mol. The number of piperidine rings is 4. The van der Waals surface area contributed by atoms with Crippen LogP contribution in [-0.2, 0) is 49.6 Å². The number of ether oxygens (including phenoxy) is 2. The van der Waals surface area contributed by atoms with E-state index in [0.717, 1.165) is 240 Å². The van der Waals surface area contributed by atoms with Crippen LogP contribution in [0.2, 0.25) is 15.1 Å². The standard InChI is InChI=1S/C29H38ClN7O4S.C26H29ClN6O4S.C26H29ClN6O3S.C22H27N5O3S2/c1-18-14-34(15-18)26-13-28(35-16-19(2)41-20(3)17-35)37-27(31-26)12-24(32-37)25-7-5-6-10-36(25)29(38)22-11-21(30)8-9-23(22)33-42(4,39)40;1-3-6-19-16-25(31-11-13-37-14-12-31)33-24(28-19)17-22(29-33)23-7-4-5-10-32(23)26(34)20-15-18(27)8-9-21(20)30-38(2,35)36;1-4-18-10-12-31(16-18)25-17(2)15-33-24(28-25)14-22(29-33)23-7-5-6-11-32(23)26(34)20-13-19(27)8-9-21(20)30-37(3,35)36;1-13-10-16(15-7-8-15)23-20-12-17(24-27(13)20)19-6-4-5-9-26(19)22(28)21-18(11-14(2)31-21)25-32(3,29)30/h8-9,11-13,18-20,25,33H,5-7,10,14-17H2,1-4H3;8-9,15-17,23,30H,4-5,7,10-14H2,1-2H3;1,8-9,13-15,18,23,30H,5-7,10-12,16H2,2-3H3;10-12,15,19,25H,4-9H2,1-3H3/t19-,20+,25-;23-;18-,23+;19-/m0010/s1. The third-order valence-electron chi connectivity index (χ3n) is 27.8. The number of morpholine rings is 2. The van der Waals surface area contributed by atoms with Crippen LogP contribution < -0.4 is 38.5 Å². The van der Waals surface area contributed by atoms with Gasteiger partial charge in [-0.15, -0.1) is 23.7 Å². The highest BCUT2D eigenvalue weighted by molar-refractivity contribution is 7.92. The van der Waals surface area contributed by atoms with E-state index in [0.29, 0.717) is 93.8 Å². The van der Waals surface area contributed by atoms with Crippen molar-refractivity contribution in [2.75, 3.05) is 155 Å². The maximum Gasteiger partial charge on any atom is 0.266 e. The number of benzene rings is 3. The summed E-state index contributed by atoms with van der Waals surface area (Å²) in [4.78, 5) is 92.1. The van der Waals surface area contributed by atoms with E-state index >= 15 is 0 Å². The van der Waals surface area contributed by atoms with Crippen LogP contribution in [-0.4, -0.2) is 264 Å². The lowest BCUT2D eigenvalue weighted by Gasteiger charge is -2.40. The molecule has 21 rings (SSSR count). The molecule has 8 saturated heterocycles. The molecule has 9 fully saturated rings. The Balaban J connectivity index is 0.000000130. The first-order valence-electron chi connectivity index (χ1n) is 50.3. The molecule has 1 saturated carbocycles. The Hall–Kier alpha value is -12.2. The van der Waals surface area contributed by atoms with Gasteiger partial charge in [0.15, 0.2) is 22.6 Å². The van der Waals surface area contributed by atoms with Crippen LogP contribution >= 0.6 is 46.1 Å². The van der Waals surface area contributed by atoms with Crippen LogP contribution in [0.5, 0.6) is 0 Å². The summed E-state index contributed by atoms with van der Waals surface area (Å²) in [6.45, 7) is 24.1. The number of amides is 4. The van der Waals surface area contributed by atoms with Gasteiger partial charge in [-0.25, -0.2) is 62.6 Å². The molecule has 46 heteroatoms. The van der Waals surface area contributed by atoms with Crippen molar-refractivity contribution in [3.8, 4) is 24.2 Å². The average Bonchev–Trinajstić information content (AvgIpc) is 1.62. The molecule has 0 unspecified atom stereocenters. The van der Waals surface area contributed by atoms with Crippen molar-refractivity contribution in [2.24, 2.45) is 11.8 Å². The highest BCUT2D eigenvalue weighted by atomic mass is 35.5. The van der Waals surface area contributed by atoms with E-state index in [1.165, 1.54) is 60.6 Å². The lowest BCUT2D eigenvalue weighted by Crippen LogP contribution is -2.47. The third kappa shape index (κ3) is 25.0. The van der Waals surface area contributed by atoms with Crippen molar-refractivity contribution in [3.63, 3.8) is 0 Å². The number of hydrogen-bond acceptors (Lipinski definition) is 27. The van der Waals surface area contributed by atoms with E-state index in [1.807, 2.05) is 75.7 Å². The number of anilines is 8. The Bertz CT molecular complexity index is 7750. The predicted molar refractivity (Wildman–Crippen MR) is 580 cm³/mol. The number of sulfonamides is 4. The fourth-order valence-corrected chi connectivity index (χ4v) is 24.8. The molecule has 4 amide bonds. The van der Waals surface area contributed by atoms with Gasteiger partial charge in [0, 0.05) is 170 Å². The number of likely N-dealkylation sites (tertiary alicyclic amines) is 4. The Morgan fingerprint density at radius 2 is 0.879 bits per heavy atom. The average molecular weight is 2190 g/mol. The Morgan fingerprint density at radius 1 is 0.436 bits per heavy atom. The van der Waals surface area contributed by atoms with Gasteiger partial charge in [-0.1, -0.05) is 47.6 Å². The topological polar surface area (TPSA) is 418 Å². The highest BCUT2D eigenvalue weighted by Crippen LogP contribution is 2.45. The number of nitrogens with one attached hydrogen (secondary N) is 4. The molecule has 38 nitrogen and oxygen atoms in total. The highest BCUT2D eigenvalue weighted by Gasteiger charge is 2.41. The van der Waals surface area contributed by atoms with Crippen molar-refractivity contribution in [1.82, 2.24) is 78.0 Å². The number of thiophene rings is 1. The van der Waals surface area contributed by atoms with E-state index in [9.17, 15) is 52.8 Å². The molecule has 7 atom stereocenters. The van der Waals surface area contributed by atoms with E-state index in [4.69, 9.17) is 91.0 Å². The van der Waals surface area contributed by atoms with Crippen molar-refractivity contribution in [2.45, 2.75) is 187 Å². The molecule has 4 N–H and O–H groups in total. The maximum absolute atomic E-state index is 14.0. The van der Waals surface area contributed by atoms with Crippen molar-refractivity contribution < 1.29 is 62.3 Å².